The van der Waals surface area contributed by atoms with Crippen molar-refractivity contribution in [2.24, 2.45) is 5.92 Å². The second-order valence-electron chi connectivity index (χ2n) is 3.47. The Morgan fingerprint density at radius 2 is 2.53 bits per heavy atom. The number of amides is 1. The number of carbonyl (C=O) groups excluding carboxylic acids is 1. The van der Waals surface area contributed by atoms with E-state index in [1.807, 2.05) is 6.92 Å². The van der Waals surface area contributed by atoms with Crippen molar-refractivity contribution in [3.63, 3.8) is 0 Å². The molecule has 0 aromatic carbocycles. The molecular formula is C10H17N3O2. The van der Waals surface area contributed by atoms with E-state index in [9.17, 15) is 4.79 Å². The van der Waals surface area contributed by atoms with E-state index in [4.69, 9.17) is 5.11 Å². The van der Waals surface area contributed by atoms with Gasteiger partial charge in [-0.1, -0.05) is 13.3 Å². The van der Waals surface area contributed by atoms with Crippen LogP contribution in [-0.4, -0.2) is 34.4 Å². The molecule has 1 aromatic rings. The summed E-state index contributed by atoms with van der Waals surface area (Å²) in [6.07, 6.45) is 3.21. The second kappa shape index (κ2) is 6.19. The number of H-pyrrole nitrogens is 1. The van der Waals surface area contributed by atoms with Crippen molar-refractivity contribution in [1.29, 1.82) is 0 Å². The smallest absolute Gasteiger partial charge is 0.269 e. The first-order valence-corrected chi connectivity index (χ1v) is 5.16. The van der Waals surface area contributed by atoms with Crippen molar-refractivity contribution in [1.82, 2.24) is 15.5 Å². The Morgan fingerprint density at radius 1 is 1.73 bits per heavy atom. The third-order valence-electron chi connectivity index (χ3n) is 2.41. The molecule has 15 heavy (non-hydrogen) atoms. The van der Waals surface area contributed by atoms with Gasteiger partial charge >= 0.3 is 0 Å². The minimum absolute atomic E-state index is 0.149. The molecule has 5 heteroatoms. The summed E-state index contributed by atoms with van der Waals surface area (Å²) in [6, 6.07) is 1.63. The molecule has 0 radical (unpaired) electrons. The van der Waals surface area contributed by atoms with Gasteiger partial charge in [0.15, 0.2) is 0 Å². The zero-order valence-electron chi connectivity index (χ0n) is 8.86. The van der Waals surface area contributed by atoms with Gasteiger partial charge in [-0.05, 0) is 18.4 Å². The van der Waals surface area contributed by atoms with Gasteiger partial charge in [0.2, 0.25) is 0 Å². The van der Waals surface area contributed by atoms with Crippen LogP contribution in [0.3, 0.4) is 0 Å². The number of carbonyl (C=O) groups is 1. The Labute approximate surface area is 88.9 Å². The summed E-state index contributed by atoms with van der Waals surface area (Å²) in [4.78, 5) is 11.5. The van der Waals surface area contributed by atoms with Crippen molar-refractivity contribution in [3.8, 4) is 0 Å². The Bertz CT molecular complexity index is 285. The number of aromatic nitrogens is 2. The highest BCUT2D eigenvalue weighted by molar-refractivity contribution is 5.92. The third kappa shape index (κ3) is 3.71. The predicted octanol–water partition coefficient (Wildman–Crippen LogP) is 0.548. The molecule has 0 spiro atoms. The molecule has 0 fully saturated rings. The normalized spacial score (nSPS) is 12.4. The van der Waals surface area contributed by atoms with E-state index in [1.54, 1.807) is 12.3 Å². The van der Waals surface area contributed by atoms with E-state index in [0.29, 0.717) is 18.2 Å². The van der Waals surface area contributed by atoms with Gasteiger partial charge in [0.05, 0.1) is 0 Å². The lowest BCUT2D eigenvalue weighted by molar-refractivity contribution is 0.0938. The molecular weight excluding hydrogens is 194 g/mol. The summed E-state index contributed by atoms with van der Waals surface area (Å²) >= 11 is 0. The van der Waals surface area contributed by atoms with E-state index in [1.165, 1.54) is 0 Å². The minimum Gasteiger partial charge on any atom is -0.396 e. The fourth-order valence-corrected chi connectivity index (χ4v) is 1.35. The van der Waals surface area contributed by atoms with Crippen molar-refractivity contribution in [2.45, 2.75) is 19.8 Å². The maximum atomic E-state index is 11.5. The maximum absolute atomic E-state index is 11.5. The molecule has 1 atom stereocenters. The summed E-state index contributed by atoms with van der Waals surface area (Å²) in [5.41, 5.74) is 0.467. The molecule has 0 aliphatic rings. The van der Waals surface area contributed by atoms with Crippen LogP contribution in [0.4, 0.5) is 0 Å². The number of aromatic amines is 1. The molecule has 0 aliphatic carbocycles. The van der Waals surface area contributed by atoms with Crippen molar-refractivity contribution >= 4 is 5.91 Å². The van der Waals surface area contributed by atoms with E-state index in [-0.39, 0.29) is 12.5 Å². The number of aliphatic hydroxyl groups is 1. The molecule has 3 N–H and O–H groups in total. The summed E-state index contributed by atoms with van der Waals surface area (Å²) in [5.74, 6) is 0.186. The van der Waals surface area contributed by atoms with Crippen LogP contribution in [0.1, 0.15) is 30.3 Å². The average molecular weight is 211 g/mol. The van der Waals surface area contributed by atoms with Gasteiger partial charge in [-0.2, -0.15) is 5.10 Å². The maximum Gasteiger partial charge on any atom is 0.269 e. The van der Waals surface area contributed by atoms with Crippen LogP contribution in [0, 0.1) is 5.92 Å². The molecule has 0 saturated carbocycles. The minimum atomic E-state index is -0.149. The monoisotopic (exact) mass is 211 g/mol. The van der Waals surface area contributed by atoms with Gasteiger partial charge < -0.3 is 10.4 Å². The van der Waals surface area contributed by atoms with Crippen LogP contribution in [0.2, 0.25) is 0 Å². The number of nitrogens with one attached hydrogen (secondary N) is 2. The molecule has 0 aliphatic heterocycles. The highest BCUT2D eigenvalue weighted by Crippen LogP contribution is 2.05. The quantitative estimate of drug-likeness (QED) is 0.643. The molecule has 0 bridgehead atoms. The lowest BCUT2D eigenvalue weighted by Gasteiger charge is -2.13. The van der Waals surface area contributed by atoms with Crippen LogP contribution >= 0.6 is 0 Å². The highest BCUT2D eigenvalue weighted by Gasteiger charge is 2.10. The van der Waals surface area contributed by atoms with E-state index in [0.717, 1.165) is 12.8 Å². The van der Waals surface area contributed by atoms with Crippen molar-refractivity contribution < 1.29 is 9.90 Å². The summed E-state index contributed by atoms with van der Waals surface area (Å²) in [7, 11) is 0. The van der Waals surface area contributed by atoms with Crippen LogP contribution in [0.15, 0.2) is 12.3 Å². The predicted molar refractivity (Wildman–Crippen MR) is 56.4 cm³/mol. The largest absolute Gasteiger partial charge is 0.396 e. The van der Waals surface area contributed by atoms with E-state index >= 15 is 0 Å². The molecule has 1 amide bonds. The topological polar surface area (TPSA) is 78.0 Å². The zero-order chi connectivity index (χ0) is 11.1. The van der Waals surface area contributed by atoms with Crippen LogP contribution in [0.25, 0.3) is 0 Å². The fraction of sp³-hybridized carbons (Fsp3) is 0.600. The summed E-state index contributed by atoms with van der Waals surface area (Å²) < 4.78 is 0. The lowest BCUT2D eigenvalue weighted by atomic mass is 10.0. The van der Waals surface area contributed by atoms with Crippen LogP contribution in [0.5, 0.6) is 0 Å². The molecule has 1 heterocycles. The molecule has 5 nitrogen and oxygen atoms in total. The van der Waals surface area contributed by atoms with Gasteiger partial charge in [0.25, 0.3) is 5.91 Å². The van der Waals surface area contributed by atoms with Crippen molar-refractivity contribution in [3.05, 3.63) is 18.0 Å². The van der Waals surface area contributed by atoms with E-state index < -0.39 is 0 Å². The van der Waals surface area contributed by atoms with Crippen molar-refractivity contribution in [2.75, 3.05) is 13.2 Å². The SMILES string of the molecule is CCC(CCO)CNC(=O)c1ccn[nH]1. The molecule has 84 valence electrons. The average Bonchev–Trinajstić information content (AvgIpc) is 2.77. The Hall–Kier alpha value is -1.36. The van der Waals surface area contributed by atoms with Gasteiger partial charge in [0.1, 0.15) is 5.69 Å². The fourth-order valence-electron chi connectivity index (χ4n) is 1.35. The highest BCUT2D eigenvalue weighted by atomic mass is 16.3. The molecule has 1 unspecified atom stereocenters. The van der Waals surface area contributed by atoms with Crippen LogP contribution in [-0.2, 0) is 0 Å². The first-order valence-electron chi connectivity index (χ1n) is 5.16. The zero-order valence-corrected chi connectivity index (χ0v) is 8.86. The van der Waals surface area contributed by atoms with Gasteiger partial charge in [-0.3, -0.25) is 9.89 Å². The van der Waals surface area contributed by atoms with Crippen LogP contribution < -0.4 is 5.32 Å². The number of aliphatic hydroxyl groups excluding tert-OH is 1. The first kappa shape index (κ1) is 11.7. The van der Waals surface area contributed by atoms with Gasteiger partial charge in [0, 0.05) is 19.3 Å². The van der Waals surface area contributed by atoms with Gasteiger partial charge in [-0.15, -0.1) is 0 Å². The third-order valence-corrected chi connectivity index (χ3v) is 2.41. The summed E-state index contributed by atoms with van der Waals surface area (Å²) in [5, 5.41) is 17.9. The lowest BCUT2D eigenvalue weighted by Crippen LogP contribution is -2.29. The Balaban J connectivity index is 2.33. The Morgan fingerprint density at radius 3 is 3.07 bits per heavy atom. The Kier molecular flexibility index (Phi) is 4.83. The number of hydrogen-bond donors (Lipinski definition) is 3. The summed E-state index contributed by atoms with van der Waals surface area (Å²) in [6.45, 7) is 2.80. The molecule has 1 aromatic heterocycles. The molecule has 1 rings (SSSR count). The molecule has 0 saturated heterocycles. The first-order chi connectivity index (χ1) is 7.27. The second-order valence-corrected chi connectivity index (χ2v) is 3.47. The number of nitrogens with zero attached hydrogens (tertiary/aromatic N) is 1. The standard InChI is InChI=1S/C10H17N3O2/c1-2-8(4-6-14)7-11-10(15)9-3-5-12-13-9/h3,5,8,14H,2,4,6-7H2,1H3,(H,11,15)(H,12,13). The number of rotatable bonds is 6. The number of hydrogen-bond acceptors (Lipinski definition) is 3. The van der Waals surface area contributed by atoms with Gasteiger partial charge in [-0.25, -0.2) is 0 Å². The van der Waals surface area contributed by atoms with E-state index in [2.05, 4.69) is 15.5 Å².